The minimum Gasteiger partial charge on any atom is -0.456 e. The number of fused-ring (bicyclic) bond motifs is 11. The standard InChI is InChI=1S/C50H28O2S/c1-2-13-30(14-3-1)50-48(40-27-43-39(28-44(40)53-50)32-17-9-10-23-41(32)51-43)47-35-20-6-4-18-33(35)46(34-19-5-7-21-36(34)47)38-22-12-15-29-25-26-37-31-16-8-11-24-42(31)52-49(37)45(29)38/h1-28H. The third-order valence-corrected chi connectivity index (χ3v) is 12.3. The molecule has 53 heavy (non-hydrogen) atoms. The number of para-hydroxylation sites is 2. The zero-order chi connectivity index (χ0) is 34.6. The van der Waals surface area contributed by atoms with Gasteiger partial charge in [0.1, 0.15) is 22.3 Å². The summed E-state index contributed by atoms with van der Waals surface area (Å²) < 4.78 is 14.5. The summed E-state index contributed by atoms with van der Waals surface area (Å²) in [5.74, 6) is 0. The quantitative estimate of drug-likeness (QED) is 0.172. The Labute approximate surface area is 307 Å². The third-order valence-electron chi connectivity index (χ3n) is 11.1. The van der Waals surface area contributed by atoms with Crippen molar-refractivity contribution >= 4 is 97.6 Å². The molecule has 0 N–H and O–H groups in total. The van der Waals surface area contributed by atoms with E-state index in [-0.39, 0.29) is 0 Å². The maximum atomic E-state index is 6.70. The summed E-state index contributed by atoms with van der Waals surface area (Å²) in [6.07, 6.45) is 0. The molecule has 0 aliphatic rings. The molecule has 12 rings (SSSR count). The summed E-state index contributed by atoms with van der Waals surface area (Å²) in [4.78, 5) is 1.26. The van der Waals surface area contributed by atoms with Gasteiger partial charge in [-0.2, -0.15) is 0 Å². The molecule has 0 aliphatic carbocycles. The highest BCUT2D eigenvalue weighted by Gasteiger charge is 2.25. The normalized spacial score (nSPS) is 12.2. The van der Waals surface area contributed by atoms with Crippen molar-refractivity contribution in [3.8, 4) is 32.7 Å². The van der Waals surface area contributed by atoms with Crippen molar-refractivity contribution < 1.29 is 8.83 Å². The van der Waals surface area contributed by atoms with Crippen LogP contribution < -0.4 is 0 Å². The first kappa shape index (κ1) is 29.0. The largest absolute Gasteiger partial charge is 0.456 e. The van der Waals surface area contributed by atoms with Crippen molar-refractivity contribution in [2.45, 2.75) is 0 Å². The predicted octanol–water partition coefficient (Wildman–Crippen LogP) is 15.2. The number of furan rings is 2. The topological polar surface area (TPSA) is 26.3 Å². The number of rotatable bonds is 3. The molecule has 2 nitrogen and oxygen atoms in total. The van der Waals surface area contributed by atoms with Crippen LogP contribution in [-0.2, 0) is 0 Å². The maximum absolute atomic E-state index is 6.70. The van der Waals surface area contributed by atoms with Gasteiger partial charge < -0.3 is 8.83 Å². The monoisotopic (exact) mass is 692 g/mol. The van der Waals surface area contributed by atoms with E-state index in [9.17, 15) is 0 Å². The Morgan fingerprint density at radius 1 is 0.358 bits per heavy atom. The Morgan fingerprint density at radius 2 is 0.962 bits per heavy atom. The lowest BCUT2D eigenvalue weighted by Gasteiger charge is -2.19. The van der Waals surface area contributed by atoms with Crippen molar-refractivity contribution in [3.05, 3.63) is 170 Å². The van der Waals surface area contributed by atoms with Crippen molar-refractivity contribution in [3.63, 3.8) is 0 Å². The van der Waals surface area contributed by atoms with Gasteiger partial charge in [-0.25, -0.2) is 0 Å². The lowest BCUT2D eigenvalue weighted by Crippen LogP contribution is -1.92. The van der Waals surface area contributed by atoms with Crippen LogP contribution in [0.4, 0.5) is 0 Å². The Bertz CT molecular complexity index is 3390. The molecule has 3 heteroatoms. The first-order valence-corrected chi connectivity index (χ1v) is 18.8. The molecule has 0 atom stereocenters. The lowest BCUT2D eigenvalue weighted by molar-refractivity contribution is 0.669. The summed E-state index contributed by atoms with van der Waals surface area (Å²) in [5, 5.41) is 13.0. The minimum absolute atomic E-state index is 0.909. The van der Waals surface area contributed by atoms with E-state index >= 15 is 0 Å². The SMILES string of the molecule is c1ccc(-c2sc3cc4c(cc3c2-c2c3ccccc3c(-c3cccc5ccc6c7ccccc7oc6c35)c3ccccc23)oc2ccccc24)cc1. The second-order valence-corrected chi connectivity index (χ2v) is 15.0. The molecular formula is C50H28O2S. The van der Waals surface area contributed by atoms with Crippen molar-refractivity contribution in [1.29, 1.82) is 0 Å². The van der Waals surface area contributed by atoms with Gasteiger partial charge in [-0.05, 0) is 79.5 Å². The van der Waals surface area contributed by atoms with Crippen LogP contribution in [0.1, 0.15) is 0 Å². The molecule has 0 saturated carbocycles. The van der Waals surface area contributed by atoms with Gasteiger partial charge in [0.2, 0.25) is 0 Å². The molecular weight excluding hydrogens is 665 g/mol. The highest BCUT2D eigenvalue weighted by atomic mass is 32.1. The van der Waals surface area contributed by atoms with Crippen molar-refractivity contribution in [1.82, 2.24) is 0 Å². The molecule has 246 valence electrons. The first-order valence-electron chi connectivity index (χ1n) is 18.0. The van der Waals surface area contributed by atoms with Gasteiger partial charge in [-0.15, -0.1) is 11.3 Å². The Kier molecular flexibility index (Phi) is 5.96. The van der Waals surface area contributed by atoms with Gasteiger partial charge in [0, 0.05) is 47.5 Å². The number of hydrogen-bond donors (Lipinski definition) is 0. The second-order valence-electron chi connectivity index (χ2n) is 13.9. The molecule has 0 spiro atoms. The van der Waals surface area contributed by atoms with Crippen LogP contribution in [0.2, 0.25) is 0 Å². The van der Waals surface area contributed by atoms with E-state index in [1.54, 1.807) is 0 Å². The molecule has 9 aromatic carbocycles. The van der Waals surface area contributed by atoms with E-state index < -0.39 is 0 Å². The summed E-state index contributed by atoms with van der Waals surface area (Å²) in [6.45, 7) is 0. The molecule has 12 aromatic rings. The fourth-order valence-corrected chi connectivity index (χ4v) is 10.0. The van der Waals surface area contributed by atoms with Gasteiger partial charge in [-0.1, -0.05) is 140 Å². The summed E-state index contributed by atoms with van der Waals surface area (Å²) in [7, 11) is 0. The van der Waals surface area contributed by atoms with Crippen LogP contribution in [0, 0.1) is 0 Å². The van der Waals surface area contributed by atoms with Gasteiger partial charge in [0.05, 0.1) is 0 Å². The number of hydrogen-bond acceptors (Lipinski definition) is 3. The Morgan fingerprint density at radius 3 is 1.68 bits per heavy atom. The summed E-state index contributed by atoms with van der Waals surface area (Å²) >= 11 is 1.87. The highest BCUT2D eigenvalue weighted by Crippen LogP contribution is 2.53. The van der Waals surface area contributed by atoms with Crippen LogP contribution in [0.5, 0.6) is 0 Å². The predicted molar refractivity (Wildman–Crippen MR) is 225 cm³/mol. The van der Waals surface area contributed by atoms with E-state index in [0.717, 1.165) is 54.6 Å². The number of benzene rings is 9. The van der Waals surface area contributed by atoms with E-state index in [2.05, 4.69) is 158 Å². The molecule has 0 amide bonds. The Hall–Kier alpha value is -6.68. The maximum Gasteiger partial charge on any atom is 0.143 e. The minimum atomic E-state index is 0.909. The molecule has 0 saturated heterocycles. The fourth-order valence-electron chi connectivity index (χ4n) is 8.80. The van der Waals surface area contributed by atoms with Crippen LogP contribution in [0.3, 0.4) is 0 Å². The van der Waals surface area contributed by atoms with E-state index in [4.69, 9.17) is 8.83 Å². The van der Waals surface area contributed by atoms with Gasteiger partial charge in [0.25, 0.3) is 0 Å². The van der Waals surface area contributed by atoms with Crippen LogP contribution in [0.15, 0.2) is 179 Å². The smallest absolute Gasteiger partial charge is 0.143 e. The number of thiophene rings is 1. The second kappa shape index (κ2) is 10.9. The van der Waals surface area contributed by atoms with Crippen molar-refractivity contribution in [2.24, 2.45) is 0 Å². The molecule has 0 bridgehead atoms. The van der Waals surface area contributed by atoms with Crippen LogP contribution in [-0.4, -0.2) is 0 Å². The molecule has 3 heterocycles. The zero-order valence-corrected chi connectivity index (χ0v) is 29.2. The fraction of sp³-hybridized carbons (Fsp3) is 0. The zero-order valence-electron chi connectivity index (χ0n) is 28.4. The first-order chi connectivity index (χ1) is 26.3. The van der Waals surface area contributed by atoms with Crippen LogP contribution in [0.25, 0.3) is 119 Å². The van der Waals surface area contributed by atoms with E-state index in [1.807, 2.05) is 23.5 Å². The van der Waals surface area contributed by atoms with Gasteiger partial charge in [-0.3, -0.25) is 0 Å². The molecule has 0 radical (unpaired) electrons. The average Bonchev–Trinajstić information content (AvgIpc) is 3.90. The molecule has 0 unspecified atom stereocenters. The molecule has 0 aliphatic heterocycles. The Balaban J connectivity index is 1.24. The van der Waals surface area contributed by atoms with Crippen molar-refractivity contribution in [2.75, 3.05) is 0 Å². The lowest BCUT2D eigenvalue weighted by atomic mass is 9.83. The highest BCUT2D eigenvalue weighted by molar-refractivity contribution is 7.23. The van der Waals surface area contributed by atoms with Crippen LogP contribution >= 0.6 is 11.3 Å². The van der Waals surface area contributed by atoms with E-state index in [1.165, 1.54) is 64.3 Å². The summed E-state index contributed by atoms with van der Waals surface area (Å²) in [5.41, 5.74) is 9.76. The summed E-state index contributed by atoms with van der Waals surface area (Å²) in [6, 6.07) is 61.2. The van der Waals surface area contributed by atoms with Gasteiger partial charge >= 0.3 is 0 Å². The van der Waals surface area contributed by atoms with E-state index in [0.29, 0.717) is 0 Å². The average molecular weight is 693 g/mol. The third kappa shape index (κ3) is 4.08. The van der Waals surface area contributed by atoms with Gasteiger partial charge in [0.15, 0.2) is 0 Å². The molecule has 3 aromatic heterocycles. The molecule has 0 fully saturated rings.